The van der Waals surface area contributed by atoms with Crippen LogP contribution in [0.15, 0.2) is 0 Å². The van der Waals surface area contributed by atoms with E-state index in [9.17, 15) is 0 Å². The largest absolute Gasteiger partial charge is 1.00 e. The Morgan fingerprint density at radius 2 is 0.667 bits per heavy atom. The van der Waals surface area contributed by atoms with Crippen LogP contribution in [0, 0.1) is 0 Å². The molecule has 9 heavy (non-hydrogen) atoms. The van der Waals surface area contributed by atoms with Gasteiger partial charge in [-0.3, -0.25) is 0 Å². The molecule has 0 aromatic carbocycles. The first kappa shape index (κ1) is 16.2. The molecule has 0 bridgehead atoms. The molecule has 0 aliphatic carbocycles. The van der Waals surface area contributed by atoms with Crippen molar-refractivity contribution >= 4 is 0 Å². The van der Waals surface area contributed by atoms with Gasteiger partial charge in [-0.1, -0.05) is 0 Å². The van der Waals surface area contributed by atoms with Gasteiger partial charge in [-0.15, -0.1) is 0 Å². The van der Waals surface area contributed by atoms with Crippen LogP contribution in [0.2, 0.25) is 0 Å². The topological polar surface area (TPSA) is 95.2 Å². The number of rotatable bonds is 2. The SMILES string of the molecule is [Cu+].[NH-]CC[NH-].[NH-]CC[NH-]. The molecular formula is C4H12CuN4-3. The third-order valence-corrected chi connectivity index (χ3v) is 0.250. The summed E-state index contributed by atoms with van der Waals surface area (Å²) < 4.78 is 0. The number of nitrogens with one attached hydrogen (secondary N) is 4. The summed E-state index contributed by atoms with van der Waals surface area (Å²) in [6.07, 6.45) is 0. The van der Waals surface area contributed by atoms with E-state index in [4.69, 9.17) is 22.9 Å². The van der Waals surface area contributed by atoms with Gasteiger partial charge in [0.15, 0.2) is 0 Å². The van der Waals surface area contributed by atoms with Crippen LogP contribution in [0.25, 0.3) is 22.9 Å². The van der Waals surface area contributed by atoms with E-state index in [1.165, 1.54) is 0 Å². The minimum atomic E-state index is 0. The van der Waals surface area contributed by atoms with Gasteiger partial charge < -0.3 is 22.9 Å². The maximum absolute atomic E-state index is 6.26. The monoisotopic (exact) mass is 179 g/mol. The molecule has 0 saturated carbocycles. The average molecular weight is 180 g/mol. The summed E-state index contributed by atoms with van der Waals surface area (Å²) >= 11 is 0. The Morgan fingerprint density at radius 3 is 0.667 bits per heavy atom. The Kier molecular flexibility index (Phi) is 42.8. The van der Waals surface area contributed by atoms with Gasteiger partial charge in [0.25, 0.3) is 0 Å². The summed E-state index contributed by atoms with van der Waals surface area (Å²) in [4.78, 5) is 0. The van der Waals surface area contributed by atoms with Crippen molar-refractivity contribution in [2.45, 2.75) is 0 Å². The molecule has 0 saturated heterocycles. The summed E-state index contributed by atoms with van der Waals surface area (Å²) in [5.74, 6) is 0. The second-order valence-corrected chi connectivity index (χ2v) is 1.000. The van der Waals surface area contributed by atoms with Gasteiger partial charge in [0.2, 0.25) is 0 Å². The molecule has 0 aromatic heterocycles. The summed E-state index contributed by atoms with van der Waals surface area (Å²) in [7, 11) is 0. The van der Waals surface area contributed by atoms with Gasteiger partial charge in [-0.25, -0.2) is 0 Å². The molecular weight excluding hydrogens is 168 g/mol. The molecule has 0 aromatic rings. The third-order valence-electron chi connectivity index (χ3n) is 0.250. The fourth-order valence-corrected chi connectivity index (χ4v) is 0. The molecule has 0 amide bonds. The predicted octanol–water partition coefficient (Wildman–Crippen LogP) is 2.18. The van der Waals surface area contributed by atoms with Gasteiger partial charge in [-0.2, -0.15) is 26.2 Å². The smallest absolute Gasteiger partial charge is 0.679 e. The van der Waals surface area contributed by atoms with Crippen LogP contribution in [-0.2, 0) is 17.1 Å². The molecule has 0 spiro atoms. The Balaban J connectivity index is -0.0000000720. The van der Waals surface area contributed by atoms with Crippen molar-refractivity contribution < 1.29 is 17.1 Å². The Morgan fingerprint density at radius 1 is 0.556 bits per heavy atom. The van der Waals surface area contributed by atoms with Crippen molar-refractivity contribution in [1.29, 1.82) is 0 Å². The molecule has 0 unspecified atom stereocenters. The van der Waals surface area contributed by atoms with Crippen LogP contribution in [0.4, 0.5) is 0 Å². The zero-order valence-electron chi connectivity index (χ0n) is 5.13. The first-order valence-corrected chi connectivity index (χ1v) is 2.41. The first-order valence-electron chi connectivity index (χ1n) is 2.41. The van der Waals surface area contributed by atoms with Gasteiger partial charge >= 0.3 is 17.1 Å². The molecule has 0 aliphatic heterocycles. The van der Waals surface area contributed by atoms with Crippen LogP contribution in [-0.4, -0.2) is 26.2 Å². The van der Waals surface area contributed by atoms with Crippen LogP contribution >= 0.6 is 0 Å². The molecule has 0 fully saturated rings. The quantitative estimate of drug-likeness (QED) is 0.581. The minimum Gasteiger partial charge on any atom is -0.679 e. The zero-order chi connectivity index (χ0) is 6.83. The fourth-order valence-electron chi connectivity index (χ4n) is 0. The normalized spacial score (nSPS) is 6.67. The average Bonchev–Trinajstić information content (AvgIpc) is 1.88. The number of hydrogen-bond acceptors (Lipinski definition) is 0. The van der Waals surface area contributed by atoms with Crippen LogP contribution in [0.3, 0.4) is 0 Å². The fraction of sp³-hybridized carbons (Fsp3) is 1.00. The standard InChI is InChI=1S/2C2H6N2.Cu/c2*3-1-2-4;/h2*3-4H,1-2H2;/q2*-2;+1. The molecule has 0 heterocycles. The van der Waals surface area contributed by atoms with E-state index in [1.807, 2.05) is 0 Å². The zero-order valence-corrected chi connectivity index (χ0v) is 6.07. The van der Waals surface area contributed by atoms with E-state index in [0.717, 1.165) is 0 Å². The van der Waals surface area contributed by atoms with Crippen molar-refractivity contribution in [3.8, 4) is 0 Å². The van der Waals surface area contributed by atoms with Crippen LogP contribution in [0.1, 0.15) is 0 Å². The molecule has 4 N–H and O–H groups in total. The molecule has 62 valence electrons. The maximum Gasteiger partial charge on any atom is 1.00 e. The summed E-state index contributed by atoms with van der Waals surface area (Å²) in [5.41, 5.74) is 25.1. The second-order valence-electron chi connectivity index (χ2n) is 1.000. The second kappa shape index (κ2) is 23.8. The van der Waals surface area contributed by atoms with Crippen molar-refractivity contribution in [3.63, 3.8) is 0 Å². The van der Waals surface area contributed by atoms with Crippen molar-refractivity contribution in [2.75, 3.05) is 26.2 Å². The van der Waals surface area contributed by atoms with Crippen LogP contribution in [0.5, 0.6) is 0 Å². The molecule has 0 rings (SSSR count). The van der Waals surface area contributed by atoms with Gasteiger partial charge in [0, 0.05) is 0 Å². The van der Waals surface area contributed by atoms with E-state index >= 15 is 0 Å². The van der Waals surface area contributed by atoms with Gasteiger partial charge in [0.1, 0.15) is 0 Å². The molecule has 5 heteroatoms. The van der Waals surface area contributed by atoms with E-state index in [-0.39, 0.29) is 43.2 Å². The Labute approximate surface area is 66.8 Å². The molecule has 0 atom stereocenters. The van der Waals surface area contributed by atoms with E-state index in [0.29, 0.717) is 0 Å². The Hall–Kier alpha value is 0.359. The van der Waals surface area contributed by atoms with E-state index in [1.54, 1.807) is 0 Å². The third kappa shape index (κ3) is 60.7. The molecule has 0 radical (unpaired) electrons. The molecule has 0 aliphatic rings. The summed E-state index contributed by atoms with van der Waals surface area (Å²) in [6, 6.07) is 0. The van der Waals surface area contributed by atoms with E-state index in [2.05, 4.69) is 0 Å². The first-order chi connectivity index (χ1) is 3.83. The number of hydrogen-bond donors (Lipinski definition) is 0. The molecule has 4 nitrogen and oxygen atoms in total. The van der Waals surface area contributed by atoms with Crippen molar-refractivity contribution in [1.82, 2.24) is 0 Å². The maximum atomic E-state index is 6.26. The summed E-state index contributed by atoms with van der Waals surface area (Å²) in [6.45, 7) is 0.944. The van der Waals surface area contributed by atoms with Crippen molar-refractivity contribution in [2.24, 2.45) is 0 Å². The van der Waals surface area contributed by atoms with Crippen molar-refractivity contribution in [3.05, 3.63) is 22.9 Å². The van der Waals surface area contributed by atoms with Gasteiger partial charge in [-0.05, 0) is 0 Å². The van der Waals surface area contributed by atoms with Gasteiger partial charge in [0.05, 0.1) is 0 Å². The Bertz CT molecular complexity index is 20.5. The summed E-state index contributed by atoms with van der Waals surface area (Å²) in [5, 5.41) is 0. The van der Waals surface area contributed by atoms with E-state index < -0.39 is 0 Å². The predicted molar refractivity (Wildman–Crippen MR) is 36.8 cm³/mol. The minimum absolute atomic E-state index is 0. The van der Waals surface area contributed by atoms with Crippen LogP contribution < -0.4 is 0 Å².